The molecule has 2 nitrogen and oxygen atoms in total. The van der Waals surface area contributed by atoms with Crippen LogP contribution in [-0.2, 0) is 0 Å². The monoisotopic (exact) mass is 223 g/mol. The molecule has 1 aromatic rings. The number of carbonyl (C=O) groups excluding carboxylic acids is 1. The highest BCUT2D eigenvalue weighted by Crippen LogP contribution is 2.21. The van der Waals surface area contributed by atoms with E-state index in [9.17, 15) is 4.79 Å². The first-order valence-electron chi connectivity index (χ1n) is 5.15. The first-order chi connectivity index (χ1) is 7.16. The summed E-state index contributed by atoms with van der Waals surface area (Å²) in [5.74, 6) is 0.371. The zero-order valence-electron chi connectivity index (χ0n) is 8.74. The number of benzene rings is 1. The molecule has 0 bridgehead atoms. The van der Waals surface area contributed by atoms with E-state index in [0.29, 0.717) is 5.02 Å². The second-order valence-corrected chi connectivity index (χ2v) is 4.56. The van der Waals surface area contributed by atoms with Gasteiger partial charge in [-0.2, -0.15) is 0 Å². The van der Waals surface area contributed by atoms with Crippen LogP contribution in [0.5, 0.6) is 0 Å². The van der Waals surface area contributed by atoms with Crippen LogP contribution >= 0.6 is 11.6 Å². The Balaban J connectivity index is 2.14. The molecule has 1 aliphatic rings. The van der Waals surface area contributed by atoms with Gasteiger partial charge in [0.1, 0.15) is 0 Å². The Morgan fingerprint density at radius 2 is 2.33 bits per heavy atom. The Bertz CT molecular complexity index is 378. The molecule has 0 saturated carbocycles. The molecular formula is C12H14ClNO. The summed E-state index contributed by atoms with van der Waals surface area (Å²) in [5.41, 5.74) is 0.739. The van der Waals surface area contributed by atoms with Gasteiger partial charge >= 0.3 is 0 Å². The summed E-state index contributed by atoms with van der Waals surface area (Å²) in [5, 5.41) is 0.632. The Labute approximate surface area is 94.8 Å². The minimum Gasteiger partial charge on any atom is -0.306 e. The fourth-order valence-corrected chi connectivity index (χ4v) is 2.22. The van der Waals surface area contributed by atoms with Crippen LogP contribution in [0.4, 0.5) is 0 Å². The first-order valence-corrected chi connectivity index (χ1v) is 5.53. The standard InChI is InChI=1S/C12H14ClNO/c1-14-6-5-10(8-14)12(15)9-3-2-4-11(13)7-9/h2-4,7,10H,5-6,8H2,1H3. The SMILES string of the molecule is CN1CCC(C(=O)c2cccc(Cl)c2)C1. The largest absolute Gasteiger partial charge is 0.306 e. The van der Waals surface area contributed by atoms with Gasteiger partial charge in [0.15, 0.2) is 5.78 Å². The van der Waals surface area contributed by atoms with Crippen molar-refractivity contribution in [2.45, 2.75) is 6.42 Å². The molecule has 1 saturated heterocycles. The van der Waals surface area contributed by atoms with Crippen LogP contribution in [0.25, 0.3) is 0 Å². The quantitative estimate of drug-likeness (QED) is 0.718. The van der Waals surface area contributed by atoms with Crippen molar-refractivity contribution in [2.75, 3.05) is 20.1 Å². The second kappa shape index (κ2) is 4.33. The van der Waals surface area contributed by atoms with Crippen LogP contribution in [0.2, 0.25) is 5.02 Å². The number of rotatable bonds is 2. The highest BCUT2D eigenvalue weighted by molar-refractivity contribution is 6.31. The van der Waals surface area contributed by atoms with Crippen molar-refractivity contribution in [3.63, 3.8) is 0 Å². The number of hydrogen-bond donors (Lipinski definition) is 0. The van der Waals surface area contributed by atoms with E-state index in [1.165, 1.54) is 0 Å². The molecule has 15 heavy (non-hydrogen) atoms. The van der Waals surface area contributed by atoms with E-state index in [1.54, 1.807) is 12.1 Å². The van der Waals surface area contributed by atoms with E-state index < -0.39 is 0 Å². The van der Waals surface area contributed by atoms with Gasteiger partial charge in [0.2, 0.25) is 0 Å². The van der Waals surface area contributed by atoms with Crippen LogP contribution in [0.3, 0.4) is 0 Å². The molecule has 2 rings (SSSR count). The second-order valence-electron chi connectivity index (χ2n) is 4.12. The maximum Gasteiger partial charge on any atom is 0.167 e. The lowest BCUT2D eigenvalue weighted by Crippen LogP contribution is -2.19. The number of nitrogens with zero attached hydrogens (tertiary/aromatic N) is 1. The van der Waals surface area contributed by atoms with Gasteiger partial charge in [0, 0.05) is 23.0 Å². The number of ketones is 1. The lowest BCUT2D eigenvalue weighted by atomic mass is 9.97. The minimum atomic E-state index is 0.147. The molecule has 3 heteroatoms. The molecule has 0 aliphatic carbocycles. The summed E-state index contributed by atoms with van der Waals surface area (Å²) in [7, 11) is 2.05. The Morgan fingerprint density at radius 1 is 1.53 bits per heavy atom. The smallest absolute Gasteiger partial charge is 0.167 e. The molecule has 1 aliphatic heterocycles. The van der Waals surface area contributed by atoms with Gasteiger partial charge in [-0.25, -0.2) is 0 Å². The number of carbonyl (C=O) groups is 1. The first kappa shape index (κ1) is 10.7. The summed E-state index contributed by atoms with van der Waals surface area (Å²) in [6.45, 7) is 1.88. The third kappa shape index (κ3) is 2.39. The molecule has 1 fully saturated rings. The average molecular weight is 224 g/mol. The summed E-state index contributed by atoms with van der Waals surface area (Å²) in [4.78, 5) is 14.2. The summed E-state index contributed by atoms with van der Waals surface area (Å²) in [6.07, 6.45) is 0.960. The molecule has 0 radical (unpaired) electrons. The number of halogens is 1. The Kier molecular flexibility index (Phi) is 3.08. The highest BCUT2D eigenvalue weighted by Gasteiger charge is 2.26. The van der Waals surface area contributed by atoms with Crippen molar-refractivity contribution >= 4 is 17.4 Å². The van der Waals surface area contributed by atoms with Crippen LogP contribution in [0.15, 0.2) is 24.3 Å². The number of hydrogen-bond acceptors (Lipinski definition) is 2. The van der Waals surface area contributed by atoms with E-state index in [1.807, 2.05) is 19.2 Å². The van der Waals surface area contributed by atoms with Crippen molar-refractivity contribution in [1.29, 1.82) is 0 Å². The van der Waals surface area contributed by atoms with Crippen LogP contribution < -0.4 is 0 Å². The van der Waals surface area contributed by atoms with Crippen LogP contribution in [0, 0.1) is 5.92 Å². The zero-order valence-corrected chi connectivity index (χ0v) is 9.50. The molecule has 0 aromatic heterocycles. The molecule has 1 atom stereocenters. The maximum atomic E-state index is 12.1. The van der Waals surface area contributed by atoms with E-state index in [-0.39, 0.29) is 11.7 Å². The normalized spacial score (nSPS) is 21.9. The topological polar surface area (TPSA) is 20.3 Å². The third-order valence-electron chi connectivity index (χ3n) is 2.87. The van der Waals surface area contributed by atoms with Gasteiger partial charge in [-0.3, -0.25) is 4.79 Å². The molecule has 0 spiro atoms. The summed E-state index contributed by atoms with van der Waals surface area (Å²) >= 11 is 5.86. The van der Waals surface area contributed by atoms with Crippen molar-refractivity contribution in [1.82, 2.24) is 4.90 Å². The summed E-state index contributed by atoms with van der Waals surface area (Å²) < 4.78 is 0. The molecular weight excluding hydrogens is 210 g/mol. The molecule has 0 N–H and O–H groups in total. The van der Waals surface area contributed by atoms with E-state index in [4.69, 9.17) is 11.6 Å². The molecule has 1 heterocycles. The third-order valence-corrected chi connectivity index (χ3v) is 3.11. The fraction of sp³-hybridized carbons (Fsp3) is 0.417. The zero-order chi connectivity index (χ0) is 10.8. The fourth-order valence-electron chi connectivity index (χ4n) is 2.03. The molecule has 1 aromatic carbocycles. The number of likely N-dealkylation sites (tertiary alicyclic amines) is 1. The molecule has 80 valence electrons. The maximum absolute atomic E-state index is 12.1. The van der Waals surface area contributed by atoms with Crippen molar-refractivity contribution in [3.8, 4) is 0 Å². The average Bonchev–Trinajstić information content (AvgIpc) is 2.64. The van der Waals surface area contributed by atoms with Gasteiger partial charge in [-0.15, -0.1) is 0 Å². The van der Waals surface area contributed by atoms with E-state index in [0.717, 1.165) is 25.1 Å². The van der Waals surface area contributed by atoms with E-state index in [2.05, 4.69) is 4.90 Å². The van der Waals surface area contributed by atoms with Gasteiger partial charge in [0.25, 0.3) is 0 Å². The summed E-state index contributed by atoms with van der Waals surface area (Å²) in [6, 6.07) is 7.21. The van der Waals surface area contributed by atoms with Gasteiger partial charge in [0.05, 0.1) is 0 Å². The Hall–Kier alpha value is -0.860. The molecule has 0 amide bonds. The van der Waals surface area contributed by atoms with Crippen molar-refractivity contribution in [3.05, 3.63) is 34.9 Å². The van der Waals surface area contributed by atoms with Gasteiger partial charge in [-0.05, 0) is 32.1 Å². The molecule has 1 unspecified atom stereocenters. The van der Waals surface area contributed by atoms with Crippen molar-refractivity contribution < 1.29 is 4.79 Å². The van der Waals surface area contributed by atoms with Crippen molar-refractivity contribution in [2.24, 2.45) is 5.92 Å². The highest BCUT2D eigenvalue weighted by atomic mass is 35.5. The minimum absolute atomic E-state index is 0.147. The van der Waals surface area contributed by atoms with Crippen LogP contribution in [-0.4, -0.2) is 30.8 Å². The Morgan fingerprint density at radius 3 is 2.93 bits per heavy atom. The predicted molar refractivity (Wildman–Crippen MR) is 61.4 cm³/mol. The predicted octanol–water partition coefficient (Wildman–Crippen LogP) is 2.47. The lowest BCUT2D eigenvalue weighted by Gasteiger charge is -2.09. The van der Waals surface area contributed by atoms with E-state index >= 15 is 0 Å². The number of Topliss-reactive ketones (excluding diaryl/α,β-unsaturated/α-hetero) is 1. The lowest BCUT2D eigenvalue weighted by molar-refractivity contribution is 0.0924. The van der Waals surface area contributed by atoms with Gasteiger partial charge in [-0.1, -0.05) is 23.7 Å². The van der Waals surface area contributed by atoms with Gasteiger partial charge < -0.3 is 4.90 Å². The van der Waals surface area contributed by atoms with Crippen LogP contribution in [0.1, 0.15) is 16.8 Å².